The normalized spacial score (nSPS) is 26.3. The molecular weight excluding hydrogens is 288 g/mol. The van der Waals surface area contributed by atoms with Gasteiger partial charge in [-0.2, -0.15) is 0 Å². The van der Waals surface area contributed by atoms with Gasteiger partial charge in [-0.15, -0.1) is 0 Å². The Morgan fingerprint density at radius 1 is 1.22 bits per heavy atom. The number of hydrogen-bond donors (Lipinski definition) is 1. The predicted octanol–water partition coefficient (Wildman–Crippen LogP) is 2.04. The van der Waals surface area contributed by atoms with Crippen LogP contribution in [0.5, 0.6) is 0 Å². The zero-order chi connectivity index (χ0) is 15.7. The van der Waals surface area contributed by atoms with Crippen molar-refractivity contribution in [3.05, 3.63) is 35.4 Å². The number of morpholine rings is 1. The standard InChI is InChI=1S/C19H26N2O2/c22-18(21-9-11-23-12-10-21)13-15-14-19(5-7-20-8-6-19)17-4-2-1-3-16(15)17/h1-4,15,20H,5-14H2. The van der Waals surface area contributed by atoms with Gasteiger partial charge >= 0.3 is 0 Å². The molecule has 1 aromatic carbocycles. The minimum atomic E-state index is 0.303. The Kier molecular flexibility index (Phi) is 4.12. The van der Waals surface area contributed by atoms with Gasteiger partial charge in [0.1, 0.15) is 0 Å². The zero-order valence-electron chi connectivity index (χ0n) is 13.7. The molecule has 2 saturated heterocycles. The summed E-state index contributed by atoms with van der Waals surface area (Å²) in [5.41, 5.74) is 3.25. The second-order valence-corrected chi connectivity index (χ2v) is 7.22. The van der Waals surface area contributed by atoms with Crippen LogP contribution in [-0.2, 0) is 14.9 Å². The van der Waals surface area contributed by atoms with Crippen LogP contribution < -0.4 is 5.32 Å². The van der Waals surface area contributed by atoms with Gasteiger partial charge in [-0.1, -0.05) is 24.3 Å². The number of nitrogens with zero attached hydrogens (tertiary/aromatic N) is 1. The predicted molar refractivity (Wildman–Crippen MR) is 89.6 cm³/mol. The molecular formula is C19H26N2O2. The summed E-state index contributed by atoms with van der Waals surface area (Å²) in [4.78, 5) is 14.7. The molecule has 0 aromatic heterocycles. The first kappa shape index (κ1) is 15.2. The zero-order valence-corrected chi connectivity index (χ0v) is 13.7. The number of piperidine rings is 1. The average molecular weight is 314 g/mol. The van der Waals surface area contributed by atoms with Crippen LogP contribution in [0.25, 0.3) is 0 Å². The number of carbonyl (C=O) groups is 1. The number of ether oxygens (including phenoxy) is 1. The van der Waals surface area contributed by atoms with E-state index in [-0.39, 0.29) is 0 Å². The Morgan fingerprint density at radius 2 is 1.96 bits per heavy atom. The number of benzene rings is 1. The van der Waals surface area contributed by atoms with E-state index < -0.39 is 0 Å². The Bertz CT molecular complexity index is 574. The quantitative estimate of drug-likeness (QED) is 0.908. The van der Waals surface area contributed by atoms with Crippen molar-refractivity contribution in [3.63, 3.8) is 0 Å². The first-order valence-electron chi connectivity index (χ1n) is 8.94. The largest absolute Gasteiger partial charge is 0.378 e. The number of amides is 1. The van der Waals surface area contributed by atoms with E-state index in [0.717, 1.165) is 32.6 Å². The van der Waals surface area contributed by atoms with Crippen LogP contribution in [0.15, 0.2) is 24.3 Å². The van der Waals surface area contributed by atoms with Gasteiger partial charge in [0.15, 0.2) is 0 Å². The van der Waals surface area contributed by atoms with E-state index in [4.69, 9.17) is 4.74 Å². The molecule has 1 spiro atoms. The summed E-state index contributed by atoms with van der Waals surface area (Å²) in [6.07, 6.45) is 4.20. The fraction of sp³-hybridized carbons (Fsp3) is 0.632. The molecule has 124 valence electrons. The van der Waals surface area contributed by atoms with E-state index in [0.29, 0.717) is 36.9 Å². The van der Waals surface area contributed by atoms with E-state index in [1.807, 2.05) is 4.90 Å². The van der Waals surface area contributed by atoms with Gasteiger partial charge in [0.25, 0.3) is 0 Å². The molecule has 1 aromatic rings. The molecule has 2 heterocycles. The topological polar surface area (TPSA) is 41.6 Å². The number of nitrogens with one attached hydrogen (secondary N) is 1. The molecule has 23 heavy (non-hydrogen) atoms. The lowest BCUT2D eigenvalue weighted by molar-refractivity contribution is -0.135. The van der Waals surface area contributed by atoms with Crippen LogP contribution in [0.3, 0.4) is 0 Å². The van der Waals surface area contributed by atoms with Crippen molar-refractivity contribution in [2.45, 2.75) is 37.0 Å². The summed E-state index contributed by atoms with van der Waals surface area (Å²) in [6.45, 7) is 5.06. The number of hydrogen-bond acceptors (Lipinski definition) is 3. The van der Waals surface area contributed by atoms with Crippen molar-refractivity contribution >= 4 is 5.91 Å². The second-order valence-electron chi connectivity index (χ2n) is 7.22. The molecule has 4 heteroatoms. The van der Waals surface area contributed by atoms with Crippen LogP contribution in [-0.4, -0.2) is 50.2 Å². The molecule has 1 unspecified atom stereocenters. The molecule has 1 atom stereocenters. The van der Waals surface area contributed by atoms with Crippen LogP contribution in [0.2, 0.25) is 0 Å². The summed E-state index contributed by atoms with van der Waals surface area (Å²) in [7, 11) is 0. The Hall–Kier alpha value is -1.39. The highest BCUT2D eigenvalue weighted by Crippen LogP contribution is 2.51. The lowest BCUT2D eigenvalue weighted by Crippen LogP contribution is -2.41. The fourth-order valence-corrected chi connectivity index (χ4v) is 4.74. The average Bonchev–Trinajstić information content (AvgIpc) is 2.90. The smallest absolute Gasteiger partial charge is 0.223 e. The molecule has 0 radical (unpaired) electrons. The van der Waals surface area contributed by atoms with Crippen LogP contribution >= 0.6 is 0 Å². The highest BCUT2D eigenvalue weighted by atomic mass is 16.5. The molecule has 0 saturated carbocycles. The van der Waals surface area contributed by atoms with Crippen molar-refractivity contribution in [1.29, 1.82) is 0 Å². The minimum Gasteiger partial charge on any atom is -0.378 e. The van der Waals surface area contributed by atoms with E-state index in [1.165, 1.54) is 24.0 Å². The van der Waals surface area contributed by atoms with Gasteiger partial charge in [-0.3, -0.25) is 4.79 Å². The van der Waals surface area contributed by atoms with Gasteiger partial charge in [-0.25, -0.2) is 0 Å². The molecule has 4 nitrogen and oxygen atoms in total. The monoisotopic (exact) mass is 314 g/mol. The summed E-state index contributed by atoms with van der Waals surface area (Å²) in [5.74, 6) is 0.693. The molecule has 1 aliphatic carbocycles. The van der Waals surface area contributed by atoms with Crippen LogP contribution in [0.4, 0.5) is 0 Å². The number of carbonyl (C=O) groups excluding carboxylic acids is 1. The SMILES string of the molecule is O=C(CC1CC2(CCNCC2)c2ccccc21)N1CCOCC1. The van der Waals surface area contributed by atoms with Crippen molar-refractivity contribution in [1.82, 2.24) is 10.2 Å². The maximum atomic E-state index is 12.7. The lowest BCUT2D eigenvalue weighted by atomic mass is 9.73. The van der Waals surface area contributed by atoms with Gasteiger partial charge in [0, 0.05) is 19.5 Å². The van der Waals surface area contributed by atoms with Crippen molar-refractivity contribution in [2.24, 2.45) is 0 Å². The third-order valence-electron chi connectivity index (χ3n) is 5.95. The molecule has 1 amide bonds. The van der Waals surface area contributed by atoms with Crippen molar-refractivity contribution < 1.29 is 9.53 Å². The molecule has 4 rings (SSSR count). The van der Waals surface area contributed by atoms with E-state index in [2.05, 4.69) is 29.6 Å². The first-order valence-corrected chi connectivity index (χ1v) is 8.94. The van der Waals surface area contributed by atoms with Crippen molar-refractivity contribution in [3.8, 4) is 0 Å². The van der Waals surface area contributed by atoms with Crippen LogP contribution in [0.1, 0.15) is 42.7 Å². The summed E-state index contributed by atoms with van der Waals surface area (Å²) >= 11 is 0. The Labute approximate surface area is 138 Å². The molecule has 2 fully saturated rings. The van der Waals surface area contributed by atoms with E-state index in [1.54, 1.807) is 0 Å². The maximum absolute atomic E-state index is 12.7. The molecule has 2 aliphatic heterocycles. The van der Waals surface area contributed by atoms with Gasteiger partial charge in [-0.05, 0) is 54.8 Å². The first-order chi connectivity index (χ1) is 11.3. The summed E-state index contributed by atoms with van der Waals surface area (Å²) in [6, 6.07) is 8.85. The van der Waals surface area contributed by atoms with Gasteiger partial charge in [0.2, 0.25) is 5.91 Å². The van der Waals surface area contributed by atoms with E-state index in [9.17, 15) is 4.79 Å². The van der Waals surface area contributed by atoms with Gasteiger partial charge < -0.3 is 15.0 Å². The minimum absolute atomic E-state index is 0.303. The Balaban J connectivity index is 1.54. The fourth-order valence-electron chi connectivity index (χ4n) is 4.74. The van der Waals surface area contributed by atoms with Crippen LogP contribution in [0, 0.1) is 0 Å². The molecule has 3 aliphatic rings. The highest BCUT2D eigenvalue weighted by Gasteiger charge is 2.44. The third-order valence-corrected chi connectivity index (χ3v) is 5.95. The molecule has 0 bridgehead atoms. The number of fused-ring (bicyclic) bond motifs is 2. The van der Waals surface area contributed by atoms with Crippen molar-refractivity contribution in [2.75, 3.05) is 39.4 Å². The highest BCUT2D eigenvalue weighted by molar-refractivity contribution is 5.77. The second kappa shape index (κ2) is 6.25. The summed E-state index contributed by atoms with van der Waals surface area (Å²) in [5, 5.41) is 3.48. The molecule has 1 N–H and O–H groups in total. The Morgan fingerprint density at radius 3 is 2.74 bits per heavy atom. The maximum Gasteiger partial charge on any atom is 0.223 e. The van der Waals surface area contributed by atoms with E-state index >= 15 is 0 Å². The summed E-state index contributed by atoms with van der Waals surface area (Å²) < 4.78 is 5.37. The third kappa shape index (κ3) is 2.79. The lowest BCUT2D eigenvalue weighted by Gasteiger charge is -2.35. The number of rotatable bonds is 2. The van der Waals surface area contributed by atoms with Gasteiger partial charge in [0.05, 0.1) is 13.2 Å².